The average Bonchev–Trinajstić information content (AvgIpc) is 2.38. The summed E-state index contributed by atoms with van der Waals surface area (Å²) in [7, 11) is 0. The van der Waals surface area contributed by atoms with Gasteiger partial charge in [0.1, 0.15) is 0 Å². The maximum absolute atomic E-state index is 12.5. The highest BCUT2D eigenvalue weighted by Crippen LogP contribution is 2.28. The van der Waals surface area contributed by atoms with Crippen molar-refractivity contribution in [2.75, 3.05) is 13.1 Å². The molecule has 2 rings (SSSR count). The molecule has 0 spiro atoms. The molecular formula is C14H18Cl2N2O. The minimum absolute atomic E-state index is 0.0947. The highest BCUT2D eigenvalue weighted by atomic mass is 35.5. The van der Waals surface area contributed by atoms with Crippen molar-refractivity contribution in [1.82, 2.24) is 4.90 Å². The summed E-state index contributed by atoms with van der Waals surface area (Å²) in [6, 6.07) is 5.21. The highest BCUT2D eigenvalue weighted by molar-refractivity contribution is 6.39. The molecule has 1 aliphatic rings. The van der Waals surface area contributed by atoms with Gasteiger partial charge in [0, 0.05) is 19.1 Å². The Morgan fingerprint density at radius 2 is 2.05 bits per heavy atom. The molecule has 1 heterocycles. The molecule has 1 aromatic carbocycles. The average molecular weight is 301 g/mol. The van der Waals surface area contributed by atoms with Crippen LogP contribution in [-0.4, -0.2) is 29.9 Å². The molecule has 1 fully saturated rings. The molecular weight excluding hydrogens is 283 g/mol. The van der Waals surface area contributed by atoms with Crippen LogP contribution in [0.15, 0.2) is 18.2 Å². The van der Waals surface area contributed by atoms with Gasteiger partial charge in [0.25, 0.3) is 5.91 Å². The molecule has 3 nitrogen and oxygen atoms in total. The number of hydrogen-bond donors (Lipinski definition) is 1. The predicted molar refractivity (Wildman–Crippen MR) is 78.7 cm³/mol. The minimum atomic E-state index is -0.0963. The SMILES string of the molecule is CC(N)C1CCCN(C(=O)c2c(Cl)cccc2Cl)C1. The van der Waals surface area contributed by atoms with E-state index < -0.39 is 0 Å². The van der Waals surface area contributed by atoms with Gasteiger partial charge in [-0.05, 0) is 37.8 Å². The number of carbonyl (C=O) groups excluding carboxylic acids is 1. The van der Waals surface area contributed by atoms with Crippen molar-refractivity contribution in [3.8, 4) is 0 Å². The predicted octanol–water partition coefficient (Wildman–Crippen LogP) is 3.19. The Morgan fingerprint density at radius 1 is 1.42 bits per heavy atom. The Bertz CT molecular complexity index is 456. The second-order valence-corrected chi connectivity index (χ2v) is 5.92. The van der Waals surface area contributed by atoms with Crippen molar-refractivity contribution in [1.29, 1.82) is 0 Å². The maximum atomic E-state index is 12.5. The number of rotatable bonds is 2. The van der Waals surface area contributed by atoms with E-state index in [1.807, 2.05) is 11.8 Å². The van der Waals surface area contributed by atoms with Gasteiger partial charge in [-0.15, -0.1) is 0 Å². The Morgan fingerprint density at radius 3 is 2.63 bits per heavy atom. The zero-order valence-electron chi connectivity index (χ0n) is 10.9. The number of nitrogens with two attached hydrogens (primary N) is 1. The molecule has 0 radical (unpaired) electrons. The number of carbonyl (C=O) groups is 1. The van der Waals surface area contributed by atoms with E-state index in [9.17, 15) is 4.79 Å². The molecule has 0 aliphatic carbocycles. The summed E-state index contributed by atoms with van der Waals surface area (Å²) in [5.74, 6) is 0.250. The molecule has 1 aliphatic heterocycles. The van der Waals surface area contributed by atoms with Crippen LogP contribution in [0, 0.1) is 5.92 Å². The van der Waals surface area contributed by atoms with E-state index >= 15 is 0 Å². The number of halogens is 2. The Hall–Kier alpha value is -0.770. The molecule has 2 N–H and O–H groups in total. The monoisotopic (exact) mass is 300 g/mol. The molecule has 2 unspecified atom stereocenters. The summed E-state index contributed by atoms with van der Waals surface area (Å²) < 4.78 is 0. The van der Waals surface area contributed by atoms with E-state index in [0.29, 0.717) is 28.1 Å². The first kappa shape index (κ1) is 14.6. The largest absolute Gasteiger partial charge is 0.338 e. The van der Waals surface area contributed by atoms with Crippen LogP contribution in [0.2, 0.25) is 10.0 Å². The van der Waals surface area contributed by atoms with Crippen LogP contribution in [-0.2, 0) is 0 Å². The lowest BCUT2D eigenvalue weighted by atomic mass is 9.92. The van der Waals surface area contributed by atoms with Crippen molar-refractivity contribution in [3.63, 3.8) is 0 Å². The third-order valence-corrected chi connectivity index (χ3v) is 4.30. The number of amides is 1. The fraction of sp³-hybridized carbons (Fsp3) is 0.500. The molecule has 2 atom stereocenters. The van der Waals surface area contributed by atoms with Gasteiger partial charge in [-0.25, -0.2) is 0 Å². The molecule has 0 saturated carbocycles. The zero-order valence-corrected chi connectivity index (χ0v) is 12.4. The number of hydrogen-bond acceptors (Lipinski definition) is 2. The van der Waals surface area contributed by atoms with Gasteiger partial charge in [0.05, 0.1) is 15.6 Å². The van der Waals surface area contributed by atoms with Gasteiger partial charge in [0.15, 0.2) is 0 Å². The molecule has 5 heteroatoms. The van der Waals surface area contributed by atoms with Crippen LogP contribution in [0.3, 0.4) is 0 Å². The Labute approximate surface area is 123 Å². The van der Waals surface area contributed by atoms with Gasteiger partial charge in [-0.1, -0.05) is 29.3 Å². The third-order valence-electron chi connectivity index (χ3n) is 3.67. The van der Waals surface area contributed by atoms with Crippen LogP contribution in [0.4, 0.5) is 0 Å². The van der Waals surface area contributed by atoms with Crippen molar-refractivity contribution < 1.29 is 4.79 Å². The van der Waals surface area contributed by atoms with E-state index in [-0.39, 0.29) is 11.9 Å². The Kier molecular flexibility index (Phi) is 4.71. The molecule has 1 aromatic rings. The first-order chi connectivity index (χ1) is 9.00. The van der Waals surface area contributed by atoms with Crippen LogP contribution in [0.5, 0.6) is 0 Å². The lowest BCUT2D eigenvalue weighted by molar-refractivity contribution is 0.0661. The van der Waals surface area contributed by atoms with Gasteiger partial charge in [-0.2, -0.15) is 0 Å². The van der Waals surface area contributed by atoms with E-state index in [1.54, 1.807) is 18.2 Å². The minimum Gasteiger partial charge on any atom is -0.338 e. The molecule has 19 heavy (non-hydrogen) atoms. The quantitative estimate of drug-likeness (QED) is 0.912. The van der Waals surface area contributed by atoms with E-state index in [0.717, 1.165) is 19.4 Å². The number of likely N-dealkylation sites (tertiary alicyclic amines) is 1. The molecule has 0 bridgehead atoms. The number of benzene rings is 1. The summed E-state index contributed by atoms with van der Waals surface area (Å²) in [5, 5.41) is 0.806. The van der Waals surface area contributed by atoms with Crippen LogP contribution in [0.25, 0.3) is 0 Å². The van der Waals surface area contributed by atoms with Crippen molar-refractivity contribution in [3.05, 3.63) is 33.8 Å². The summed E-state index contributed by atoms with van der Waals surface area (Å²) in [5.41, 5.74) is 6.34. The van der Waals surface area contributed by atoms with Crippen LogP contribution in [0.1, 0.15) is 30.1 Å². The molecule has 1 saturated heterocycles. The van der Waals surface area contributed by atoms with E-state index in [2.05, 4.69) is 0 Å². The number of piperidine rings is 1. The molecule has 104 valence electrons. The van der Waals surface area contributed by atoms with Gasteiger partial charge < -0.3 is 10.6 Å². The Balaban J connectivity index is 2.20. The van der Waals surface area contributed by atoms with Crippen molar-refractivity contribution >= 4 is 29.1 Å². The van der Waals surface area contributed by atoms with Gasteiger partial charge >= 0.3 is 0 Å². The smallest absolute Gasteiger partial charge is 0.256 e. The van der Waals surface area contributed by atoms with Gasteiger partial charge in [-0.3, -0.25) is 4.79 Å². The topological polar surface area (TPSA) is 46.3 Å². The summed E-state index contributed by atoms with van der Waals surface area (Å²) in [6.45, 7) is 3.41. The maximum Gasteiger partial charge on any atom is 0.256 e. The van der Waals surface area contributed by atoms with Crippen LogP contribution >= 0.6 is 23.2 Å². The van der Waals surface area contributed by atoms with Crippen molar-refractivity contribution in [2.45, 2.75) is 25.8 Å². The van der Waals surface area contributed by atoms with Crippen molar-refractivity contribution in [2.24, 2.45) is 11.7 Å². The second-order valence-electron chi connectivity index (χ2n) is 5.11. The summed E-state index contributed by atoms with van der Waals surface area (Å²) in [6.07, 6.45) is 2.04. The van der Waals surface area contributed by atoms with Gasteiger partial charge in [0.2, 0.25) is 0 Å². The summed E-state index contributed by atoms with van der Waals surface area (Å²) >= 11 is 12.2. The molecule has 0 aromatic heterocycles. The fourth-order valence-corrected chi connectivity index (χ4v) is 3.04. The standard InChI is InChI=1S/C14H18Cl2N2O/c1-9(17)10-4-3-7-18(8-10)14(19)13-11(15)5-2-6-12(13)16/h2,5-6,9-10H,3-4,7-8,17H2,1H3. The fourth-order valence-electron chi connectivity index (χ4n) is 2.48. The first-order valence-electron chi connectivity index (χ1n) is 6.49. The first-order valence-corrected chi connectivity index (χ1v) is 7.25. The molecule has 1 amide bonds. The zero-order chi connectivity index (χ0) is 14.0. The summed E-state index contributed by atoms with van der Waals surface area (Å²) in [4.78, 5) is 14.3. The second kappa shape index (κ2) is 6.12. The highest BCUT2D eigenvalue weighted by Gasteiger charge is 2.28. The lowest BCUT2D eigenvalue weighted by Crippen LogP contribution is -2.45. The van der Waals surface area contributed by atoms with E-state index in [4.69, 9.17) is 28.9 Å². The third kappa shape index (κ3) is 3.22. The normalized spacial score (nSPS) is 21.3. The van der Waals surface area contributed by atoms with E-state index in [1.165, 1.54) is 0 Å². The van der Waals surface area contributed by atoms with Crippen LogP contribution < -0.4 is 5.73 Å². The number of nitrogens with zero attached hydrogens (tertiary/aromatic N) is 1. The lowest BCUT2D eigenvalue weighted by Gasteiger charge is -2.35.